The molecule has 1 heterocycles. The molecule has 0 aliphatic rings. The molecule has 0 aliphatic heterocycles. The second-order valence-corrected chi connectivity index (χ2v) is 5.70. The third-order valence-electron chi connectivity index (χ3n) is 3.57. The number of aryl methyl sites for hydroxylation is 2. The Bertz CT molecular complexity index is 906. The fourth-order valence-electron chi connectivity index (χ4n) is 2.40. The van der Waals surface area contributed by atoms with Crippen LogP contribution in [0.1, 0.15) is 29.1 Å². The molecule has 0 atom stereocenters. The molecule has 0 bridgehead atoms. The predicted molar refractivity (Wildman–Crippen MR) is 96.8 cm³/mol. The van der Waals surface area contributed by atoms with Gasteiger partial charge in [-0.2, -0.15) is 0 Å². The van der Waals surface area contributed by atoms with Crippen molar-refractivity contribution in [3.63, 3.8) is 0 Å². The van der Waals surface area contributed by atoms with Gasteiger partial charge >= 0.3 is 11.8 Å². The number of nitrogens with zero attached hydrogens (tertiary/aromatic N) is 2. The van der Waals surface area contributed by atoms with Gasteiger partial charge in [0.1, 0.15) is 0 Å². The highest BCUT2D eigenvalue weighted by molar-refractivity contribution is 6.01. The number of amides is 2. The van der Waals surface area contributed by atoms with E-state index in [1.807, 2.05) is 30.3 Å². The molecule has 132 valence electrons. The number of rotatable bonds is 6. The van der Waals surface area contributed by atoms with E-state index in [-0.39, 0.29) is 11.8 Å². The van der Waals surface area contributed by atoms with Crippen LogP contribution >= 0.6 is 0 Å². The molecule has 7 nitrogen and oxygen atoms in total. The minimum atomic E-state index is -0.497. The highest BCUT2D eigenvalue weighted by atomic mass is 16.4. The van der Waals surface area contributed by atoms with Crippen LogP contribution in [0, 0.1) is 0 Å². The number of nitrogens with one attached hydrogen (secondary N) is 2. The largest absolute Gasteiger partial charge is 0.417 e. The normalized spacial score (nSPS) is 10.3. The summed E-state index contributed by atoms with van der Waals surface area (Å²) in [7, 11) is 0. The van der Waals surface area contributed by atoms with E-state index in [1.165, 1.54) is 6.92 Å². The number of hydrogen-bond donors (Lipinski definition) is 2. The third-order valence-corrected chi connectivity index (χ3v) is 3.57. The van der Waals surface area contributed by atoms with Gasteiger partial charge in [0.15, 0.2) is 0 Å². The summed E-state index contributed by atoms with van der Waals surface area (Å²) >= 11 is 0. The van der Waals surface area contributed by atoms with Crippen LogP contribution in [-0.2, 0) is 17.6 Å². The lowest BCUT2D eigenvalue weighted by Crippen LogP contribution is -2.13. The van der Waals surface area contributed by atoms with Crippen LogP contribution in [0.4, 0.5) is 11.4 Å². The Morgan fingerprint density at radius 3 is 2.38 bits per heavy atom. The summed E-state index contributed by atoms with van der Waals surface area (Å²) in [6.45, 7) is 1.42. The first-order chi connectivity index (χ1) is 12.6. The van der Waals surface area contributed by atoms with E-state index in [9.17, 15) is 9.59 Å². The zero-order valence-electron chi connectivity index (χ0n) is 14.2. The molecular formula is C19H18N4O3. The van der Waals surface area contributed by atoms with Gasteiger partial charge in [-0.1, -0.05) is 36.4 Å². The molecule has 2 N–H and O–H groups in total. The van der Waals surface area contributed by atoms with E-state index in [1.54, 1.807) is 24.3 Å². The first-order valence-corrected chi connectivity index (χ1v) is 8.15. The van der Waals surface area contributed by atoms with Crippen molar-refractivity contribution in [2.24, 2.45) is 0 Å². The molecule has 26 heavy (non-hydrogen) atoms. The Labute approximate surface area is 150 Å². The van der Waals surface area contributed by atoms with Crippen molar-refractivity contribution in [3.05, 3.63) is 71.9 Å². The number of aromatic nitrogens is 2. The zero-order chi connectivity index (χ0) is 18.4. The minimum Gasteiger partial charge on any atom is -0.417 e. The topological polar surface area (TPSA) is 97.1 Å². The van der Waals surface area contributed by atoms with Gasteiger partial charge in [-0.05, 0) is 30.2 Å². The van der Waals surface area contributed by atoms with Gasteiger partial charge in [0.25, 0.3) is 0 Å². The lowest BCUT2D eigenvalue weighted by atomic mass is 10.1. The maximum Gasteiger partial charge on any atom is 0.313 e. The maximum absolute atomic E-state index is 12.2. The second-order valence-electron chi connectivity index (χ2n) is 5.70. The molecule has 0 aliphatic carbocycles. The zero-order valence-corrected chi connectivity index (χ0v) is 14.2. The van der Waals surface area contributed by atoms with Crippen LogP contribution in [0.25, 0.3) is 0 Å². The highest BCUT2D eigenvalue weighted by Gasteiger charge is 2.15. The van der Waals surface area contributed by atoms with E-state index < -0.39 is 5.91 Å². The van der Waals surface area contributed by atoms with Crippen LogP contribution in [0.2, 0.25) is 0 Å². The van der Waals surface area contributed by atoms with E-state index in [4.69, 9.17) is 4.42 Å². The Morgan fingerprint density at radius 2 is 1.65 bits per heavy atom. The lowest BCUT2D eigenvalue weighted by Gasteiger charge is -2.06. The highest BCUT2D eigenvalue weighted by Crippen LogP contribution is 2.16. The van der Waals surface area contributed by atoms with E-state index in [0.29, 0.717) is 23.7 Å². The molecular weight excluding hydrogens is 332 g/mol. The average molecular weight is 350 g/mol. The number of carbonyl (C=O) groups is 2. The van der Waals surface area contributed by atoms with Crippen molar-refractivity contribution >= 4 is 23.2 Å². The van der Waals surface area contributed by atoms with Gasteiger partial charge in [-0.15, -0.1) is 10.2 Å². The first kappa shape index (κ1) is 17.3. The molecule has 0 unspecified atom stereocenters. The fourth-order valence-corrected chi connectivity index (χ4v) is 2.40. The molecule has 0 saturated heterocycles. The Morgan fingerprint density at radius 1 is 0.923 bits per heavy atom. The Kier molecular flexibility index (Phi) is 5.38. The van der Waals surface area contributed by atoms with Gasteiger partial charge in [-0.3, -0.25) is 9.59 Å². The minimum absolute atomic E-state index is 0.0991. The molecule has 2 aromatic carbocycles. The molecule has 3 aromatic rings. The summed E-state index contributed by atoms with van der Waals surface area (Å²) < 4.78 is 5.43. The summed E-state index contributed by atoms with van der Waals surface area (Å²) in [5, 5.41) is 13.0. The van der Waals surface area contributed by atoms with Gasteiger partial charge in [0.2, 0.25) is 11.8 Å². The van der Waals surface area contributed by atoms with E-state index in [2.05, 4.69) is 20.8 Å². The predicted octanol–water partition coefficient (Wildman–Crippen LogP) is 3.07. The Balaban J connectivity index is 1.60. The van der Waals surface area contributed by atoms with Gasteiger partial charge < -0.3 is 15.1 Å². The number of anilines is 2. The first-order valence-electron chi connectivity index (χ1n) is 8.15. The van der Waals surface area contributed by atoms with Crippen molar-refractivity contribution in [2.45, 2.75) is 19.8 Å². The maximum atomic E-state index is 12.2. The third kappa shape index (κ3) is 4.76. The van der Waals surface area contributed by atoms with Crippen LogP contribution in [-0.4, -0.2) is 22.0 Å². The molecule has 7 heteroatoms. The molecule has 0 radical (unpaired) electrons. The summed E-state index contributed by atoms with van der Waals surface area (Å²) in [6.07, 6.45) is 1.31. The van der Waals surface area contributed by atoms with Gasteiger partial charge in [-0.25, -0.2) is 0 Å². The summed E-state index contributed by atoms with van der Waals surface area (Å²) in [5.74, 6) is -0.374. The standard InChI is InChI=1S/C19H18N4O3/c1-13(24)20-15-8-5-9-16(12-15)21-18(25)19-23-22-17(26-19)11-10-14-6-3-2-4-7-14/h2-9,12H,10-11H2,1H3,(H,20,24)(H,21,25). The van der Waals surface area contributed by atoms with Crippen LogP contribution in [0.3, 0.4) is 0 Å². The van der Waals surface area contributed by atoms with Crippen molar-refractivity contribution < 1.29 is 14.0 Å². The van der Waals surface area contributed by atoms with Crippen molar-refractivity contribution in [1.82, 2.24) is 10.2 Å². The fraction of sp³-hybridized carbons (Fsp3) is 0.158. The second kappa shape index (κ2) is 8.06. The molecule has 0 spiro atoms. The summed E-state index contributed by atoms with van der Waals surface area (Å²) in [5.41, 5.74) is 2.26. The van der Waals surface area contributed by atoms with Gasteiger partial charge in [0.05, 0.1) is 0 Å². The monoisotopic (exact) mass is 350 g/mol. The summed E-state index contributed by atoms with van der Waals surface area (Å²) in [4.78, 5) is 23.3. The smallest absolute Gasteiger partial charge is 0.313 e. The van der Waals surface area contributed by atoms with E-state index in [0.717, 1.165) is 12.0 Å². The van der Waals surface area contributed by atoms with Crippen molar-refractivity contribution in [3.8, 4) is 0 Å². The number of carbonyl (C=O) groups excluding carboxylic acids is 2. The molecule has 0 saturated carbocycles. The Hall–Kier alpha value is -3.48. The summed E-state index contributed by atoms with van der Waals surface area (Å²) in [6, 6.07) is 16.7. The van der Waals surface area contributed by atoms with Crippen LogP contribution in [0.5, 0.6) is 0 Å². The molecule has 3 rings (SSSR count). The molecule has 0 fully saturated rings. The molecule has 1 aromatic heterocycles. The van der Waals surface area contributed by atoms with E-state index >= 15 is 0 Å². The lowest BCUT2D eigenvalue weighted by molar-refractivity contribution is -0.114. The van der Waals surface area contributed by atoms with Crippen molar-refractivity contribution in [2.75, 3.05) is 10.6 Å². The van der Waals surface area contributed by atoms with Crippen molar-refractivity contribution in [1.29, 1.82) is 0 Å². The number of hydrogen-bond acceptors (Lipinski definition) is 5. The average Bonchev–Trinajstić information content (AvgIpc) is 3.10. The number of benzene rings is 2. The van der Waals surface area contributed by atoms with Gasteiger partial charge in [0, 0.05) is 24.7 Å². The van der Waals surface area contributed by atoms with Crippen LogP contribution in [0.15, 0.2) is 59.0 Å². The molecule has 2 amide bonds. The quantitative estimate of drug-likeness (QED) is 0.712. The SMILES string of the molecule is CC(=O)Nc1cccc(NC(=O)c2nnc(CCc3ccccc3)o2)c1. The van der Waals surface area contributed by atoms with Crippen LogP contribution < -0.4 is 10.6 Å².